The van der Waals surface area contributed by atoms with Crippen LogP contribution in [0.5, 0.6) is 5.75 Å². The van der Waals surface area contributed by atoms with E-state index in [1.165, 1.54) is 5.56 Å². The van der Waals surface area contributed by atoms with Gasteiger partial charge in [0, 0.05) is 17.9 Å². The third kappa shape index (κ3) is 2.60. The fourth-order valence-corrected chi connectivity index (χ4v) is 2.77. The molecule has 2 aromatic rings. The van der Waals surface area contributed by atoms with Gasteiger partial charge in [-0.1, -0.05) is 55.5 Å². The lowest BCUT2D eigenvalue weighted by Gasteiger charge is -2.15. The molecule has 2 unspecified atom stereocenters. The number of hydrogen-bond donors (Lipinski definition) is 0. The zero-order chi connectivity index (χ0) is 13.9. The van der Waals surface area contributed by atoms with Gasteiger partial charge in [0.15, 0.2) is 5.78 Å². The maximum Gasteiger partial charge on any atom is 0.165 e. The minimum absolute atomic E-state index is 0.0169. The number of para-hydroxylation sites is 1. The third-order valence-electron chi connectivity index (χ3n) is 3.84. The zero-order valence-corrected chi connectivity index (χ0v) is 11.6. The molecule has 0 radical (unpaired) electrons. The van der Waals surface area contributed by atoms with Crippen molar-refractivity contribution < 1.29 is 9.53 Å². The molecule has 0 spiro atoms. The van der Waals surface area contributed by atoms with Gasteiger partial charge < -0.3 is 4.74 Å². The van der Waals surface area contributed by atoms with Gasteiger partial charge in [-0.3, -0.25) is 4.79 Å². The minimum Gasteiger partial charge on any atom is -0.490 e. The Hall–Kier alpha value is -2.09. The number of carbonyl (C=O) groups is 1. The Morgan fingerprint density at radius 2 is 1.85 bits per heavy atom. The number of hydrogen-bond acceptors (Lipinski definition) is 2. The van der Waals surface area contributed by atoms with Gasteiger partial charge in [-0.15, -0.1) is 0 Å². The number of ether oxygens (including phenoxy) is 1. The molecule has 20 heavy (non-hydrogen) atoms. The third-order valence-corrected chi connectivity index (χ3v) is 3.84. The molecule has 0 saturated carbocycles. The second-order valence-electron chi connectivity index (χ2n) is 5.42. The molecule has 0 fully saturated rings. The van der Waals surface area contributed by atoms with Gasteiger partial charge in [-0.25, -0.2) is 0 Å². The summed E-state index contributed by atoms with van der Waals surface area (Å²) >= 11 is 0. The lowest BCUT2D eigenvalue weighted by Crippen LogP contribution is -2.22. The Morgan fingerprint density at radius 3 is 2.60 bits per heavy atom. The molecule has 0 N–H and O–H groups in total. The molecule has 0 aliphatic carbocycles. The van der Waals surface area contributed by atoms with E-state index in [1.54, 1.807) is 0 Å². The van der Waals surface area contributed by atoms with E-state index in [0.717, 1.165) is 24.2 Å². The largest absolute Gasteiger partial charge is 0.490 e. The highest BCUT2D eigenvalue weighted by atomic mass is 16.5. The summed E-state index contributed by atoms with van der Waals surface area (Å²) in [5.41, 5.74) is 2.03. The van der Waals surface area contributed by atoms with Crippen molar-refractivity contribution in [3.8, 4) is 5.75 Å². The highest BCUT2D eigenvalue weighted by Crippen LogP contribution is 2.31. The first-order valence-corrected chi connectivity index (χ1v) is 7.08. The Labute approximate surface area is 119 Å². The molecule has 1 aliphatic heterocycles. The van der Waals surface area contributed by atoms with E-state index in [0.29, 0.717) is 0 Å². The van der Waals surface area contributed by atoms with Crippen molar-refractivity contribution in [2.24, 2.45) is 5.92 Å². The fraction of sp³-hybridized carbons (Fsp3) is 0.278. The van der Waals surface area contributed by atoms with Crippen LogP contribution in [-0.4, -0.2) is 11.9 Å². The van der Waals surface area contributed by atoms with Crippen molar-refractivity contribution in [2.75, 3.05) is 0 Å². The number of rotatable bonds is 4. The number of ketones is 1. The Morgan fingerprint density at radius 1 is 1.15 bits per heavy atom. The summed E-state index contributed by atoms with van der Waals surface area (Å²) in [4.78, 5) is 12.3. The smallest absolute Gasteiger partial charge is 0.165 e. The van der Waals surface area contributed by atoms with Gasteiger partial charge in [-0.05, 0) is 18.1 Å². The Kier molecular flexibility index (Phi) is 3.55. The van der Waals surface area contributed by atoms with Gasteiger partial charge in [0.25, 0.3) is 0 Å². The monoisotopic (exact) mass is 266 g/mol. The van der Waals surface area contributed by atoms with Gasteiger partial charge in [0.05, 0.1) is 0 Å². The van der Waals surface area contributed by atoms with Gasteiger partial charge >= 0.3 is 0 Å². The van der Waals surface area contributed by atoms with Crippen LogP contribution < -0.4 is 4.74 Å². The molecular formula is C18H18O2. The van der Waals surface area contributed by atoms with E-state index in [2.05, 4.69) is 6.07 Å². The molecule has 2 aromatic carbocycles. The van der Waals surface area contributed by atoms with E-state index < -0.39 is 0 Å². The second-order valence-corrected chi connectivity index (χ2v) is 5.42. The SMILES string of the molecule is CC(CC1Cc2ccccc2O1)C(=O)c1ccccc1. The van der Waals surface area contributed by atoms with E-state index in [9.17, 15) is 4.79 Å². The highest BCUT2D eigenvalue weighted by Gasteiger charge is 2.26. The number of carbonyl (C=O) groups excluding carboxylic acids is 1. The maximum atomic E-state index is 12.3. The van der Waals surface area contributed by atoms with Crippen LogP contribution in [0.3, 0.4) is 0 Å². The van der Waals surface area contributed by atoms with Crippen LogP contribution in [-0.2, 0) is 6.42 Å². The molecule has 1 heterocycles. The van der Waals surface area contributed by atoms with E-state index >= 15 is 0 Å². The van der Waals surface area contributed by atoms with E-state index in [1.807, 2.05) is 55.5 Å². The van der Waals surface area contributed by atoms with Crippen LogP contribution in [0.4, 0.5) is 0 Å². The van der Waals surface area contributed by atoms with E-state index in [-0.39, 0.29) is 17.8 Å². The van der Waals surface area contributed by atoms with Crippen molar-refractivity contribution in [1.82, 2.24) is 0 Å². The average molecular weight is 266 g/mol. The van der Waals surface area contributed by atoms with Crippen molar-refractivity contribution in [1.29, 1.82) is 0 Å². The zero-order valence-electron chi connectivity index (χ0n) is 11.6. The fourth-order valence-electron chi connectivity index (χ4n) is 2.77. The molecule has 0 amide bonds. The molecule has 102 valence electrons. The first kappa shape index (κ1) is 12.9. The number of benzene rings is 2. The van der Waals surface area contributed by atoms with Crippen molar-refractivity contribution >= 4 is 5.78 Å². The van der Waals surface area contributed by atoms with Crippen LogP contribution in [0.15, 0.2) is 54.6 Å². The molecule has 3 rings (SSSR count). The molecule has 1 aliphatic rings. The minimum atomic E-state index is -0.0169. The molecule has 0 saturated heterocycles. The van der Waals surface area contributed by atoms with Crippen molar-refractivity contribution in [3.05, 3.63) is 65.7 Å². The van der Waals surface area contributed by atoms with Gasteiger partial charge in [0.1, 0.15) is 11.9 Å². The summed E-state index contributed by atoms with van der Waals surface area (Å²) in [6.07, 6.45) is 1.79. The molecule has 2 heteroatoms. The van der Waals surface area contributed by atoms with Crippen LogP contribution in [0.2, 0.25) is 0 Å². The standard InChI is InChI=1S/C18H18O2/c1-13(18(19)14-7-3-2-4-8-14)11-16-12-15-9-5-6-10-17(15)20-16/h2-10,13,16H,11-12H2,1H3. The molecule has 2 atom stereocenters. The summed E-state index contributed by atoms with van der Waals surface area (Å²) < 4.78 is 5.91. The van der Waals surface area contributed by atoms with Crippen LogP contribution in [0.1, 0.15) is 29.3 Å². The predicted octanol–water partition coefficient (Wildman–Crippen LogP) is 3.90. The first-order chi connectivity index (χ1) is 9.74. The quantitative estimate of drug-likeness (QED) is 0.784. The topological polar surface area (TPSA) is 26.3 Å². The summed E-state index contributed by atoms with van der Waals surface area (Å²) in [5.74, 6) is 1.15. The summed E-state index contributed by atoms with van der Waals surface area (Å²) in [6.45, 7) is 1.99. The van der Waals surface area contributed by atoms with E-state index in [4.69, 9.17) is 4.74 Å². The highest BCUT2D eigenvalue weighted by molar-refractivity contribution is 5.97. The molecule has 2 nitrogen and oxygen atoms in total. The first-order valence-electron chi connectivity index (χ1n) is 7.08. The Bertz CT molecular complexity index is 579. The summed E-state index contributed by atoms with van der Waals surface area (Å²) in [5, 5.41) is 0. The predicted molar refractivity (Wildman–Crippen MR) is 79.1 cm³/mol. The van der Waals surface area contributed by atoms with Crippen LogP contribution in [0, 0.1) is 5.92 Å². The lowest BCUT2D eigenvalue weighted by atomic mass is 9.92. The van der Waals surface area contributed by atoms with Crippen molar-refractivity contribution in [2.45, 2.75) is 25.9 Å². The number of Topliss-reactive ketones (excluding diaryl/α,β-unsaturated/α-hetero) is 1. The van der Waals surface area contributed by atoms with Crippen LogP contribution >= 0.6 is 0 Å². The second kappa shape index (κ2) is 5.49. The molecule has 0 bridgehead atoms. The average Bonchev–Trinajstić information content (AvgIpc) is 2.89. The maximum absolute atomic E-state index is 12.3. The normalized spacial score (nSPS) is 18.1. The molecule has 0 aromatic heterocycles. The molecular weight excluding hydrogens is 248 g/mol. The van der Waals surface area contributed by atoms with Crippen LogP contribution in [0.25, 0.3) is 0 Å². The lowest BCUT2D eigenvalue weighted by molar-refractivity contribution is 0.0886. The van der Waals surface area contributed by atoms with Gasteiger partial charge in [0.2, 0.25) is 0 Å². The summed E-state index contributed by atoms with van der Waals surface area (Å²) in [7, 11) is 0. The van der Waals surface area contributed by atoms with Crippen molar-refractivity contribution in [3.63, 3.8) is 0 Å². The van der Waals surface area contributed by atoms with Gasteiger partial charge in [-0.2, -0.15) is 0 Å². The Balaban J connectivity index is 1.64. The summed E-state index contributed by atoms with van der Waals surface area (Å²) in [6, 6.07) is 17.6. The number of fused-ring (bicyclic) bond motifs is 1.